The van der Waals surface area contributed by atoms with E-state index in [0.29, 0.717) is 0 Å². The minimum atomic E-state index is 0.753. The lowest BCUT2D eigenvalue weighted by atomic mass is 10.1. The molecule has 0 amide bonds. The monoisotopic (exact) mass is 321 g/mol. The fourth-order valence-electron chi connectivity index (χ4n) is 2.49. The molecule has 0 unspecified atom stereocenters. The molecule has 0 aliphatic heterocycles. The van der Waals surface area contributed by atoms with Gasteiger partial charge in [0.15, 0.2) is 0 Å². The third-order valence-corrected chi connectivity index (χ3v) is 4.83. The molecule has 1 nitrogen and oxygen atoms in total. The standard InChI is InChI=1S/C19H12ClNS/c20-15-9-5-13(6-10-15)7-12-18-21-19-16-4-2-1-3-14(16)8-11-17(19)22-18/h1-12H/b12-7+. The maximum absolute atomic E-state index is 5.90. The number of hydrogen-bond donors (Lipinski definition) is 0. The predicted octanol–water partition coefficient (Wildman–Crippen LogP) is 6.27. The highest BCUT2D eigenvalue weighted by Crippen LogP contribution is 2.30. The van der Waals surface area contributed by atoms with Gasteiger partial charge in [0.05, 0.1) is 10.2 Å². The van der Waals surface area contributed by atoms with Crippen LogP contribution in [0, 0.1) is 0 Å². The van der Waals surface area contributed by atoms with Crippen LogP contribution in [-0.2, 0) is 0 Å². The van der Waals surface area contributed by atoms with Crippen molar-refractivity contribution in [1.29, 1.82) is 0 Å². The van der Waals surface area contributed by atoms with E-state index in [4.69, 9.17) is 16.6 Å². The molecule has 22 heavy (non-hydrogen) atoms. The molecule has 0 aliphatic carbocycles. The van der Waals surface area contributed by atoms with Gasteiger partial charge in [0.25, 0.3) is 0 Å². The molecule has 0 radical (unpaired) electrons. The van der Waals surface area contributed by atoms with E-state index in [2.05, 4.69) is 48.6 Å². The van der Waals surface area contributed by atoms with Gasteiger partial charge in [-0.05, 0) is 35.2 Å². The Hall–Kier alpha value is -2.16. The highest BCUT2D eigenvalue weighted by molar-refractivity contribution is 7.19. The van der Waals surface area contributed by atoms with E-state index >= 15 is 0 Å². The summed E-state index contributed by atoms with van der Waals surface area (Å²) >= 11 is 7.61. The molecule has 0 saturated carbocycles. The molecule has 1 aromatic heterocycles. The van der Waals surface area contributed by atoms with Crippen LogP contribution in [0.25, 0.3) is 33.1 Å². The number of rotatable bonds is 2. The molecule has 0 atom stereocenters. The SMILES string of the molecule is Clc1ccc(/C=C/c2nc3c(ccc4ccccc43)s2)cc1. The minimum Gasteiger partial charge on any atom is -0.236 e. The Morgan fingerprint density at radius 1 is 0.864 bits per heavy atom. The Morgan fingerprint density at radius 2 is 1.68 bits per heavy atom. The number of aromatic nitrogens is 1. The topological polar surface area (TPSA) is 12.9 Å². The Morgan fingerprint density at radius 3 is 2.55 bits per heavy atom. The Kier molecular flexibility index (Phi) is 3.41. The molecule has 0 fully saturated rings. The van der Waals surface area contributed by atoms with Crippen molar-refractivity contribution in [2.75, 3.05) is 0 Å². The van der Waals surface area contributed by atoms with Crippen LogP contribution in [0.3, 0.4) is 0 Å². The van der Waals surface area contributed by atoms with Crippen LogP contribution in [0.2, 0.25) is 5.02 Å². The maximum Gasteiger partial charge on any atom is 0.117 e. The van der Waals surface area contributed by atoms with Gasteiger partial charge in [0.2, 0.25) is 0 Å². The van der Waals surface area contributed by atoms with Crippen LogP contribution in [0.15, 0.2) is 60.7 Å². The van der Waals surface area contributed by atoms with Crippen LogP contribution in [0.1, 0.15) is 10.6 Å². The summed E-state index contributed by atoms with van der Waals surface area (Å²) in [6, 6.07) is 20.5. The second-order valence-corrected chi connectivity index (χ2v) is 6.57. The minimum absolute atomic E-state index is 0.753. The fourth-order valence-corrected chi connectivity index (χ4v) is 3.50. The Labute approximate surface area is 137 Å². The van der Waals surface area contributed by atoms with Gasteiger partial charge in [-0.1, -0.05) is 60.1 Å². The molecule has 0 aliphatic rings. The number of nitrogens with zero attached hydrogens (tertiary/aromatic N) is 1. The molecular formula is C19H12ClNS. The van der Waals surface area contributed by atoms with E-state index < -0.39 is 0 Å². The van der Waals surface area contributed by atoms with Crippen LogP contribution in [0.4, 0.5) is 0 Å². The number of benzene rings is 3. The van der Waals surface area contributed by atoms with Crippen molar-refractivity contribution in [3.63, 3.8) is 0 Å². The zero-order chi connectivity index (χ0) is 14.9. The molecular weight excluding hydrogens is 310 g/mol. The Bertz CT molecular complexity index is 983. The molecule has 1 heterocycles. The third kappa shape index (κ3) is 2.52. The average molecular weight is 322 g/mol. The first-order chi connectivity index (χ1) is 10.8. The van der Waals surface area contributed by atoms with Gasteiger partial charge >= 0.3 is 0 Å². The molecule has 0 saturated heterocycles. The van der Waals surface area contributed by atoms with Gasteiger partial charge in [-0.3, -0.25) is 0 Å². The quantitative estimate of drug-likeness (QED) is 0.424. The number of fused-ring (bicyclic) bond motifs is 3. The lowest BCUT2D eigenvalue weighted by Crippen LogP contribution is -1.75. The van der Waals surface area contributed by atoms with E-state index in [0.717, 1.165) is 21.1 Å². The number of halogens is 1. The van der Waals surface area contributed by atoms with Gasteiger partial charge in [0, 0.05) is 10.4 Å². The van der Waals surface area contributed by atoms with Gasteiger partial charge in [-0.25, -0.2) is 4.98 Å². The molecule has 4 rings (SSSR count). The van der Waals surface area contributed by atoms with Crippen molar-refractivity contribution >= 4 is 56.1 Å². The summed E-state index contributed by atoms with van der Waals surface area (Å²) in [6.45, 7) is 0. The van der Waals surface area contributed by atoms with E-state index in [1.165, 1.54) is 15.5 Å². The van der Waals surface area contributed by atoms with Gasteiger partial charge in [-0.15, -0.1) is 11.3 Å². The van der Waals surface area contributed by atoms with Crippen LogP contribution >= 0.6 is 22.9 Å². The summed E-state index contributed by atoms with van der Waals surface area (Å²) < 4.78 is 1.22. The smallest absolute Gasteiger partial charge is 0.117 e. The lowest BCUT2D eigenvalue weighted by Gasteiger charge is -1.96. The highest BCUT2D eigenvalue weighted by atomic mass is 35.5. The largest absolute Gasteiger partial charge is 0.236 e. The molecule has 3 heteroatoms. The first-order valence-electron chi connectivity index (χ1n) is 7.01. The highest BCUT2D eigenvalue weighted by Gasteiger charge is 2.05. The van der Waals surface area contributed by atoms with Crippen molar-refractivity contribution < 1.29 is 0 Å². The van der Waals surface area contributed by atoms with Crippen molar-refractivity contribution in [2.45, 2.75) is 0 Å². The van der Waals surface area contributed by atoms with Crippen LogP contribution < -0.4 is 0 Å². The fraction of sp³-hybridized carbons (Fsp3) is 0. The summed E-state index contributed by atoms with van der Waals surface area (Å²) in [7, 11) is 0. The maximum atomic E-state index is 5.90. The predicted molar refractivity (Wildman–Crippen MR) is 97.5 cm³/mol. The van der Waals surface area contributed by atoms with Crippen LogP contribution in [-0.4, -0.2) is 4.98 Å². The van der Waals surface area contributed by atoms with Gasteiger partial charge in [0.1, 0.15) is 5.01 Å². The normalized spacial score (nSPS) is 11.7. The van der Waals surface area contributed by atoms with Crippen molar-refractivity contribution in [2.24, 2.45) is 0 Å². The number of thiazole rings is 1. The summed E-state index contributed by atoms with van der Waals surface area (Å²) in [4.78, 5) is 4.78. The van der Waals surface area contributed by atoms with E-state index in [-0.39, 0.29) is 0 Å². The van der Waals surface area contributed by atoms with Crippen molar-refractivity contribution in [3.8, 4) is 0 Å². The summed E-state index contributed by atoms with van der Waals surface area (Å²) in [5, 5.41) is 4.21. The van der Waals surface area contributed by atoms with E-state index in [9.17, 15) is 0 Å². The zero-order valence-electron chi connectivity index (χ0n) is 11.7. The Balaban J connectivity index is 1.76. The molecule has 0 spiro atoms. The second-order valence-electron chi connectivity index (χ2n) is 5.07. The zero-order valence-corrected chi connectivity index (χ0v) is 13.2. The average Bonchev–Trinajstić information content (AvgIpc) is 2.98. The summed E-state index contributed by atoms with van der Waals surface area (Å²) in [6.07, 6.45) is 4.12. The summed E-state index contributed by atoms with van der Waals surface area (Å²) in [5.74, 6) is 0. The van der Waals surface area contributed by atoms with Crippen LogP contribution in [0.5, 0.6) is 0 Å². The van der Waals surface area contributed by atoms with Crippen molar-refractivity contribution in [1.82, 2.24) is 4.98 Å². The second kappa shape index (κ2) is 5.56. The van der Waals surface area contributed by atoms with E-state index in [1.54, 1.807) is 11.3 Å². The molecule has 0 N–H and O–H groups in total. The first-order valence-corrected chi connectivity index (χ1v) is 8.21. The first kappa shape index (κ1) is 13.5. The lowest BCUT2D eigenvalue weighted by molar-refractivity contribution is 1.48. The molecule has 4 aromatic rings. The molecule has 0 bridgehead atoms. The third-order valence-electron chi connectivity index (χ3n) is 3.59. The van der Waals surface area contributed by atoms with Crippen molar-refractivity contribution in [3.05, 3.63) is 76.3 Å². The number of hydrogen-bond acceptors (Lipinski definition) is 2. The van der Waals surface area contributed by atoms with Gasteiger partial charge < -0.3 is 0 Å². The van der Waals surface area contributed by atoms with Gasteiger partial charge in [-0.2, -0.15) is 0 Å². The molecule has 106 valence electrons. The summed E-state index contributed by atoms with van der Waals surface area (Å²) in [5.41, 5.74) is 2.20. The van der Waals surface area contributed by atoms with E-state index in [1.807, 2.05) is 24.3 Å². The molecule has 3 aromatic carbocycles.